The van der Waals surface area contributed by atoms with Crippen LogP contribution in [0.3, 0.4) is 0 Å². The van der Waals surface area contributed by atoms with Crippen LogP contribution in [0, 0.1) is 17.0 Å². The molecular formula is C18H13ClN2O6S. The zero-order chi connectivity index (χ0) is 20.5. The number of nitrogens with one attached hydrogen (secondary N) is 1. The van der Waals surface area contributed by atoms with E-state index in [4.69, 9.17) is 16.0 Å². The summed E-state index contributed by atoms with van der Waals surface area (Å²) >= 11 is 5.76. The number of carbonyl (C=O) groups is 1. The SMILES string of the molecule is Cc1cc([N+](=O)[O-])ccc1NC(=O)c1ccc(S(=O)(=O)c2ccc(Cl)cc2)o1. The molecule has 0 saturated carbocycles. The molecule has 1 aromatic heterocycles. The van der Waals surface area contributed by atoms with Crippen LogP contribution in [0.25, 0.3) is 0 Å². The lowest BCUT2D eigenvalue weighted by Gasteiger charge is -2.06. The fourth-order valence-corrected chi connectivity index (χ4v) is 3.70. The van der Waals surface area contributed by atoms with Gasteiger partial charge in [-0.05, 0) is 55.0 Å². The van der Waals surface area contributed by atoms with Crippen LogP contribution in [0.15, 0.2) is 69.0 Å². The first-order valence-corrected chi connectivity index (χ1v) is 9.71. The maximum atomic E-state index is 12.6. The standard InChI is InChI=1S/C18H13ClN2O6S/c1-11-10-13(21(23)24)4-7-15(11)20-18(22)16-8-9-17(27-16)28(25,26)14-5-2-12(19)3-6-14/h2-10H,1H3,(H,20,22). The Kier molecular flexibility index (Phi) is 5.21. The predicted molar refractivity (Wildman–Crippen MR) is 101 cm³/mol. The van der Waals surface area contributed by atoms with Gasteiger partial charge in [-0.15, -0.1) is 0 Å². The highest BCUT2D eigenvalue weighted by atomic mass is 35.5. The summed E-state index contributed by atoms with van der Waals surface area (Å²) in [5, 5.41) is 13.3. The predicted octanol–water partition coefficient (Wildman–Crippen LogP) is 4.23. The Balaban J connectivity index is 1.83. The molecule has 1 amide bonds. The van der Waals surface area contributed by atoms with E-state index in [0.29, 0.717) is 16.3 Å². The maximum absolute atomic E-state index is 12.6. The van der Waals surface area contributed by atoms with Crippen LogP contribution in [-0.2, 0) is 9.84 Å². The van der Waals surface area contributed by atoms with Crippen molar-refractivity contribution >= 4 is 38.7 Å². The van der Waals surface area contributed by atoms with Crippen LogP contribution < -0.4 is 5.32 Å². The van der Waals surface area contributed by atoms with Gasteiger partial charge in [0.05, 0.1) is 9.82 Å². The van der Waals surface area contributed by atoms with Crippen LogP contribution in [0.5, 0.6) is 0 Å². The Morgan fingerprint density at radius 3 is 2.39 bits per heavy atom. The Morgan fingerprint density at radius 1 is 1.11 bits per heavy atom. The number of aryl methyl sites for hydroxylation is 1. The number of hydrogen-bond acceptors (Lipinski definition) is 6. The van der Waals surface area contributed by atoms with Gasteiger partial charge in [-0.3, -0.25) is 14.9 Å². The van der Waals surface area contributed by atoms with E-state index in [-0.39, 0.29) is 21.4 Å². The summed E-state index contributed by atoms with van der Waals surface area (Å²) in [6, 6.07) is 11.9. The number of benzene rings is 2. The number of hydrogen-bond donors (Lipinski definition) is 1. The molecular weight excluding hydrogens is 408 g/mol. The van der Waals surface area contributed by atoms with Crippen molar-refractivity contribution in [1.29, 1.82) is 0 Å². The van der Waals surface area contributed by atoms with E-state index in [9.17, 15) is 23.3 Å². The second-order valence-electron chi connectivity index (χ2n) is 5.79. The van der Waals surface area contributed by atoms with Crippen molar-refractivity contribution in [3.05, 3.63) is 81.1 Å². The molecule has 0 atom stereocenters. The number of nitrogens with zero attached hydrogens (tertiary/aromatic N) is 1. The second kappa shape index (κ2) is 7.45. The molecule has 0 unspecified atom stereocenters. The highest BCUT2D eigenvalue weighted by molar-refractivity contribution is 7.91. The van der Waals surface area contributed by atoms with E-state index < -0.39 is 20.7 Å². The molecule has 0 radical (unpaired) electrons. The van der Waals surface area contributed by atoms with Gasteiger partial charge in [0, 0.05) is 22.8 Å². The first-order chi connectivity index (χ1) is 13.2. The minimum Gasteiger partial charge on any atom is -0.439 e. The summed E-state index contributed by atoms with van der Waals surface area (Å²) in [6.07, 6.45) is 0. The van der Waals surface area contributed by atoms with Crippen molar-refractivity contribution in [3.63, 3.8) is 0 Å². The molecule has 0 aliphatic heterocycles. The van der Waals surface area contributed by atoms with Gasteiger partial charge in [0.25, 0.3) is 11.6 Å². The van der Waals surface area contributed by atoms with E-state index in [2.05, 4.69) is 5.32 Å². The van der Waals surface area contributed by atoms with E-state index in [1.54, 1.807) is 6.92 Å². The molecule has 0 spiro atoms. The monoisotopic (exact) mass is 420 g/mol. The van der Waals surface area contributed by atoms with Gasteiger partial charge in [-0.2, -0.15) is 0 Å². The molecule has 0 aliphatic carbocycles. The Bertz CT molecular complexity index is 1170. The summed E-state index contributed by atoms with van der Waals surface area (Å²) in [5.41, 5.74) is 0.710. The third-order valence-corrected chi connectivity index (χ3v) is 5.76. The van der Waals surface area contributed by atoms with Gasteiger partial charge in [0.2, 0.25) is 14.9 Å². The first-order valence-electron chi connectivity index (χ1n) is 7.85. The highest BCUT2D eigenvalue weighted by Gasteiger charge is 2.24. The number of non-ortho nitro benzene ring substituents is 1. The Morgan fingerprint density at radius 2 is 1.79 bits per heavy atom. The second-order valence-corrected chi connectivity index (χ2v) is 8.10. The van der Waals surface area contributed by atoms with Crippen molar-refractivity contribution in [3.8, 4) is 0 Å². The number of amides is 1. The lowest BCUT2D eigenvalue weighted by molar-refractivity contribution is -0.384. The Labute approximate surface area is 164 Å². The van der Waals surface area contributed by atoms with E-state index in [0.717, 1.165) is 0 Å². The zero-order valence-electron chi connectivity index (χ0n) is 14.4. The summed E-state index contributed by atoms with van der Waals surface area (Å²) in [6.45, 7) is 1.60. The van der Waals surface area contributed by atoms with Crippen molar-refractivity contribution < 1.29 is 22.6 Å². The number of anilines is 1. The molecule has 0 bridgehead atoms. The average Bonchev–Trinajstić information content (AvgIpc) is 3.14. The third kappa shape index (κ3) is 3.90. The maximum Gasteiger partial charge on any atom is 0.291 e. The summed E-state index contributed by atoms with van der Waals surface area (Å²) in [5.74, 6) is -0.903. The molecule has 8 nitrogen and oxygen atoms in total. The number of halogens is 1. The average molecular weight is 421 g/mol. The van der Waals surface area contributed by atoms with Gasteiger partial charge >= 0.3 is 0 Å². The fourth-order valence-electron chi connectivity index (χ4n) is 2.40. The number of nitro groups is 1. The van der Waals surface area contributed by atoms with E-state index in [1.165, 1.54) is 54.6 Å². The van der Waals surface area contributed by atoms with Gasteiger partial charge in [-0.1, -0.05) is 11.6 Å². The molecule has 144 valence electrons. The quantitative estimate of drug-likeness (QED) is 0.487. The largest absolute Gasteiger partial charge is 0.439 e. The normalized spacial score (nSPS) is 11.2. The summed E-state index contributed by atoms with van der Waals surface area (Å²) < 4.78 is 30.4. The van der Waals surface area contributed by atoms with E-state index in [1.807, 2.05) is 0 Å². The molecule has 1 heterocycles. The molecule has 3 aromatic rings. The molecule has 0 aliphatic rings. The minimum atomic E-state index is -3.94. The molecule has 10 heteroatoms. The van der Waals surface area contributed by atoms with Crippen molar-refractivity contribution in [1.82, 2.24) is 0 Å². The van der Waals surface area contributed by atoms with Crippen molar-refractivity contribution in [2.45, 2.75) is 16.9 Å². The van der Waals surface area contributed by atoms with Crippen LogP contribution in [-0.4, -0.2) is 19.2 Å². The van der Waals surface area contributed by atoms with Crippen molar-refractivity contribution in [2.75, 3.05) is 5.32 Å². The first kappa shape index (κ1) is 19.6. The van der Waals surface area contributed by atoms with Gasteiger partial charge in [0.15, 0.2) is 5.76 Å². The molecule has 0 saturated heterocycles. The number of furan rings is 1. The molecule has 0 fully saturated rings. The summed E-state index contributed by atoms with van der Waals surface area (Å²) in [7, 11) is -3.94. The van der Waals surface area contributed by atoms with Gasteiger partial charge < -0.3 is 9.73 Å². The number of carbonyl (C=O) groups excluding carboxylic acids is 1. The van der Waals surface area contributed by atoms with Crippen LogP contribution in [0.2, 0.25) is 5.02 Å². The van der Waals surface area contributed by atoms with Crippen molar-refractivity contribution in [2.24, 2.45) is 0 Å². The molecule has 3 rings (SSSR count). The van der Waals surface area contributed by atoms with Gasteiger partial charge in [0.1, 0.15) is 0 Å². The zero-order valence-corrected chi connectivity index (χ0v) is 16.0. The van der Waals surface area contributed by atoms with Crippen LogP contribution >= 0.6 is 11.6 Å². The lowest BCUT2D eigenvalue weighted by Crippen LogP contribution is -2.12. The lowest BCUT2D eigenvalue weighted by atomic mass is 10.2. The van der Waals surface area contributed by atoms with E-state index >= 15 is 0 Å². The minimum absolute atomic E-state index is 0.0237. The Hall–Kier alpha value is -3.17. The molecule has 1 N–H and O–H groups in total. The van der Waals surface area contributed by atoms with Crippen LogP contribution in [0.4, 0.5) is 11.4 Å². The molecule has 2 aromatic carbocycles. The summed E-state index contributed by atoms with van der Waals surface area (Å²) in [4.78, 5) is 22.6. The smallest absolute Gasteiger partial charge is 0.291 e. The topological polar surface area (TPSA) is 120 Å². The molecule has 28 heavy (non-hydrogen) atoms. The number of sulfone groups is 1. The number of nitro benzene ring substituents is 1. The highest BCUT2D eigenvalue weighted by Crippen LogP contribution is 2.26. The van der Waals surface area contributed by atoms with Gasteiger partial charge in [-0.25, -0.2) is 8.42 Å². The number of rotatable bonds is 5. The van der Waals surface area contributed by atoms with Crippen LogP contribution in [0.1, 0.15) is 16.1 Å². The fraction of sp³-hybridized carbons (Fsp3) is 0.0556. The third-order valence-electron chi connectivity index (χ3n) is 3.86.